The molecule has 0 heterocycles. The van der Waals surface area contributed by atoms with Crippen molar-refractivity contribution in [3.8, 4) is 0 Å². The molecule has 3 nitrogen and oxygen atoms in total. The van der Waals surface area contributed by atoms with Gasteiger partial charge in [-0.15, -0.1) is 12.4 Å². The quantitative estimate of drug-likeness (QED) is 0.888. The zero-order valence-electron chi connectivity index (χ0n) is 14.1. The molecule has 0 spiro atoms. The van der Waals surface area contributed by atoms with Crippen LogP contribution in [0.5, 0.6) is 0 Å². The molecule has 1 aromatic carbocycles. The minimum Gasteiger partial charge on any atom is -0.349 e. The van der Waals surface area contributed by atoms with Gasteiger partial charge in [-0.05, 0) is 57.2 Å². The first-order valence-corrected chi connectivity index (χ1v) is 7.97. The van der Waals surface area contributed by atoms with Crippen LogP contribution in [0.15, 0.2) is 18.2 Å². The fourth-order valence-corrected chi connectivity index (χ4v) is 3.22. The van der Waals surface area contributed by atoms with Crippen LogP contribution in [0.3, 0.4) is 0 Å². The first-order valence-electron chi connectivity index (χ1n) is 7.97. The molecule has 3 atom stereocenters. The van der Waals surface area contributed by atoms with Gasteiger partial charge in [0.05, 0.1) is 12.0 Å². The van der Waals surface area contributed by atoms with Crippen LogP contribution >= 0.6 is 12.4 Å². The molecule has 2 rings (SSSR count). The number of amides is 1. The van der Waals surface area contributed by atoms with Crippen molar-refractivity contribution >= 4 is 18.3 Å². The van der Waals surface area contributed by atoms with Crippen molar-refractivity contribution in [1.29, 1.82) is 0 Å². The van der Waals surface area contributed by atoms with Gasteiger partial charge in [-0.2, -0.15) is 0 Å². The Hall–Kier alpha value is -1.06. The van der Waals surface area contributed by atoms with Crippen LogP contribution in [-0.2, 0) is 4.79 Å². The fourth-order valence-electron chi connectivity index (χ4n) is 3.22. The molecule has 1 aliphatic rings. The summed E-state index contributed by atoms with van der Waals surface area (Å²) in [5, 5.41) is 3.15. The average Bonchev–Trinajstić information content (AvgIpc) is 2.41. The Morgan fingerprint density at radius 1 is 1.32 bits per heavy atom. The van der Waals surface area contributed by atoms with Crippen molar-refractivity contribution in [2.24, 2.45) is 11.7 Å². The van der Waals surface area contributed by atoms with Crippen molar-refractivity contribution in [1.82, 2.24) is 5.32 Å². The molecule has 1 saturated carbocycles. The zero-order valence-corrected chi connectivity index (χ0v) is 14.9. The normalized spacial score (nSPS) is 26.0. The highest BCUT2D eigenvalue weighted by molar-refractivity contribution is 5.85. The fraction of sp³-hybridized carbons (Fsp3) is 0.611. The van der Waals surface area contributed by atoms with Gasteiger partial charge in [0.25, 0.3) is 0 Å². The lowest BCUT2D eigenvalue weighted by Crippen LogP contribution is -2.53. The number of halogens is 1. The van der Waals surface area contributed by atoms with E-state index in [0.717, 1.165) is 31.2 Å². The van der Waals surface area contributed by atoms with Crippen molar-refractivity contribution in [2.45, 2.75) is 65.0 Å². The lowest BCUT2D eigenvalue weighted by Gasteiger charge is -2.37. The molecule has 22 heavy (non-hydrogen) atoms. The third kappa shape index (κ3) is 4.23. The first-order chi connectivity index (χ1) is 9.81. The highest BCUT2D eigenvalue weighted by Gasteiger charge is 2.38. The van der Waals surface area contributed by atoms with E-state index in [1.165, 1.54) is 11.1 Å². The van der Waals surface area contributed by atoms with Gasteiger partial charge in [0.1, 0.15) is 0 Å². The third-order valence-electron chi connectivity index (χ3n) is 4.96. The molecule has 0 aliphatic heterocycles. The number of hydrogen-bond donors (Lipinski definition) is 2. The summed E-state index contributed by atoms with van der Waals surface area (Å²) in [5.74, 6) is 0.0330. The van der Waals surface area contributed by atoms with E-state index in [9.17, 15) is 4.79 Å². The summed E-state index contributed by atoms with van der Waals surface area (Å²) in [4.78, 5) is 12.6. The van der Waals surface area contributed by atoms with Gasteiger partial charge in [0.2, 0.25) is 5.91 Å². The summed E-state index contributed by atoms with van der Waals surface area (Å²) < 4.78 is 0. The van der Waals surface area contributed by atoms with Crippen LogP contribution in [0.2, 0.25) is 0 Å². The molecule has 0 bridgehead atoms. The highest BCUT2D eigenvalue weighted by atomic mass is 35.5. The molecule has 0 aromatic heterocycles. The standard InChI is InChI=1S/C18H28N2O.ClH/c1-12-8-9-15(11-13(12)2)14(3)20-17(21)16-7-5-6-10-18(16,4)19;/h8-9,11,14,16H,5-7,10,19H2,1-4H3,(H,20,21);1H. The maximum Gasteiger partial charge on any atom is 0.225 e. The van der Waals surface area contributed by atoms with Crippen molar-refractivity contribution in [2.75, 3.05) is 0 Å². The molecular formula is C18H29ClN2O. The van der Waals surface area contributed by atoms with E-state index in [1.54, 1.807) is 0 Å². The van der Waals surface area contributed by atoms with Crippen LogP contribution in [0, 0.1) is 19.8 Å². The van der Waals surface area contributed by atoms with Crippen molar-refractivity contribution in [3.63, 3.8) is 0 Å². The van der Waals surface area contributed by atoms with Crippen LogP contribution in [0.4, 0.5) is 0 Å². The summed E-state index contributed by atoms with van der Waals surface area (Å²) in [6, 6.07) is 6.38. The third-order valence-corrected chi connectivity index (χ3v) is 4.96. The molecule has 4 heteroatoms. The smallest absolute Gasteiger partial charge is 0.225 e. The van der Waals surface area contributed by atoms with Crippen molar-refractivity contribution in [3.05, 3.63) is 34.9 Å². The number of hydrogen-bond acceptors (Lipinski definition) is 2. The average molecular weight is 325 g/mol. The second-order valence-corrected chi connectivity index (χ2v) is 6.88. The summed E-state index contributed by atoms with van der Waals surface area (Å²) in [5.41, 5.74) is 9.64. The van der Waals surface area contributed by atoms with Gasteiger partial charge >= 0.3 is 0 Å². The number of carbonyl (C=O) groups excluding carboxylic acids is 1. The second kappa shape index (κ2) is 7.47. The number of nitrogens with two attached hydrogens (primary N) is 1. The number of aryl methyl sites for hydroxylation is 2. The second-order valence-electron chi connectivity index (χ2n) is 6.88. The monoisotopic (exact) mass is 324 g/mol. The minimum atomic E-state index is -0.370. The van der Waals surface area contributed by atoms with E-state index in [-0.39, 0.29) is 35.8 Å². The lowest BCUT2D eigenvalue weighted by molar-refractivity contribution is -0.128. The van der Waals surface area contributed by atoms with E-state index in [0.29, 0.717) is 0 Å². The largest absolute Gasteiger partial charge is 0.349 e. The SMILES string of the molecule is Cc1ccc(C(C)NC(=O)C2CCCCC2(C)N)cc1C.Cl. The van der Waals surface area contributed by atoms with E-state index < -0.39 is 0 Å². The molecule has 0 radical (unpaired) electrons. The Labute approximate surface area is 140 Å². The molecular weight excluding hydrogens is 296 g/mol. The Morgan fingerprint density at radius 3 is 2.59 bits per heavy atom. The molecule has 3 unspecified atom stereocenters. The predicted octanol–water partition coefficient (Wildman–Crippen LogP) is 3.81. The van der Waals surface area contributed by atoms with Crippen LogP contribution < -0.4 is 11.1 Å². The number of rotatable bonds is 3. The maximum absolute atomic E-state index is 12.6. The molecule has 1 amide bonds. The van der Waals surface area contributed by atoms with Gasteiger partial charge in [-0.3, -0.25) is 4.79 Å². The molecule has 1 aliphatic carbocycles. The summed E-state index contributed by atoms with van der Waals surface area (Å²) >= 11 is 0. The van der Waals surface area contributed by atoms with E-state index >= 15 is 0 Å². The van der Waals surface area contributed by atoms with Gasteiger partial charge in [-0.1, -0.05) is 31.0 Å². The van der Waals surface area contributed by atoms with Gasteiger partial charge in [0, 0.05) is 5.54 Å². The van der Waals surface area contributed by atoms with Gasteiger partial charge in [0.15, 0.2) is 0 Å². The Balaban J connectivity index is 0.00000242. The number of benzene rings is 1. The van der Waals surface area contributed by atoms with E-state index in [1.807, 2.05) is 13.8 Å². The van der Waals surface area contributed by atoms with E-state index in [4.69, 9.17) is 5.73 Å². The molecule has 3 N–H and O–H groups in total. The van der Waals surface area contributed by atoms with Crippen LogP contribution in [-0.4, -0.2) is 11.4 Å². The van der Waals surface area contributed by atoms with Crippen LogP contribution in [0.25, 0.3) is 0 Å². The topological polar surface area (TPSA) is 55.1 Å². The van der Waals surface area contributed by atoms with Gasteiger partial charge < -0.3 is 11.1 Å². The summed E-state index contributed by atoms with van der Waals surface area (Å²) in [7, 11) is 0. The number of carbonyl (C=O) groups is 1. The lowest BCUT2D eigenvalue weighted by atomic mass is 9.74. The molecule has 124 valence electrons. The Kier molecular flexibility index (Phi) is 6.45. The first kappa shape index (κ1) is 19.0. The minimum absolute atomic E-state index is 0. The van der Waals surface area contributed by atoms with Crippen molar-refractivity contribution < 1.29 is 4.79 Å². The maximum atomic E-state index is 12.6. The highest BCUT2D eigenvalue weighted by Crippen LogP contribution is 2.32. The predicted molar refractivity (Wildman–Crippen MR) is 94.3 cm³/mol. The Morgan fingerprint density at radius 2 is 2.00 bits per heavy atom. The molecule has 1 fully saturated rings. The molecule has 0 saturated heterocycles. The van der Waals surface area contributed by atoms with Crippen LogP contribution in [0.1, 0.15) is 62.3 Å². The molecule has 1 aromatic rings. The summed E-state index contributed by atoms with van der Waals surface area (Å²) in [6.45, 7) is 8.26. The zero-order chi connectivity index (χ0) is 15.6. The van der Waals surface area contributed by atoms with Gasteiger partial charge in [-0.25, -0.2) is 0 Å². The Bertz CT molecular complexity index is 528. The summed E-state index contributed by atoms with van der Waals surface area (Å²) in [6.07, 6.45) is 4.06. The number of nitrogens with one attached hydrogen (secondary N) is 1. The van der Waals surface area contributed by atoms with E-state index in [2.05, 4.69) is 37.4 Å².